The van der Waals surface area contributed by atoms with Crippen molar-refractivity contribution in [2.75, 3.05) is 39.6 Å². The second-order valence-electron chi connectivity index (χ2n) is 35.1. The highest BCUT2D eigenvalue weighted by atomic mass is 31.2. The molecule has 0 aliphatic heterocycles. The summed E-state index contributed by atoms with van der Waals surface area (Å²) in [5.41, 5.74) is 0. The third-order valence-electron chi connectivity index (χ3n) is 23.1. The van der Waals surface area contributed by atoms with Crippen LogP contribution in [0.4, 0.5) is 0 Å². The molecule has 0 aliphatic carbocycles. The van der Waals surface area contributed by atoms with Crippen LogP contribution in [0.3, 0.4) is 0 Å². The van der Waals surface area contributed by atoms with Gasteiger partial charge in [0.2, 0.25) is 0 Å². The molecule has 0 rings (SSSR count). The molecule has 0 aromatic heterocycles. The summed E-state index contributed by atoms with van der Waals surface area (Å²) >= 11 is 0. The fourth-order valence-electron chi connectivity index (χ4n) is 14.9. The largest absolute Gasteiger partial charge is 0.472 e. The lowest BCUT2D eigenvalue weighted by Gasteiger charge is -2.21. The van der Waals surface area contributed by atoms with Crippen molar-refractivity contribution in [3.05, 3.63) is 0 Å². The van der Waals surface area contributed by atoms with Gasteiger partial charge in [0.05, 0.1) is 26.4 Å². The fraction of sp³-hybridized carbons (Fsp3) is 0.958. The van der Waals surface area contributed by atoms with Crippen molar-refractivity contribution in [3.8, 4) is 0 Å². The smallest absolute Gasteiger partial charge is 0.462 e. The van der Waals surface area contributed by atoms with Gasteiger partial charge in [-0.05, 0) is 43.4 Å². The van der Waals surface area contributed by atoms with Crippen LogP contribution < -0.4 is 0 Å². The summed E-state index contributed by atoms with van der Waals surface area (Å²) in [6, 6.07) is 0. The van der Waals surface area contributed by atoms with Gasteiger partial charge in [-0.25, -0.2) is 9.13 Å². The highest BCUT2D eigenvalue weighted by Crippen LogP contribution is 2.45. The Hall–Kier alpha value is -1.94. The molecule has 0 amide bonds. The van der Waals surface area contributed by atoms with Gasteiger partial charge in [0.15, 0.2) is 12.2 Å². The van der Waals surface area contributed by atoms with E-state index in [0.29, 0.717) is 25.7 Å². The van der Waals surface area contributed by atoms with Crippen LogP contribution in [0.25, 0.3) is 0 Å². The number of aliphatic hydroxyl groups excluding tert-OH is 1. The minimum atomic E-state index is -4.97. The first-order chi connectivity index (χ1) is 55.3. The lowest BCUT2D eigenvalue weighted by atomic mass is 9.99. The molecule has 0 aliphatic rings. The lowest BCUT2D eigenvalue weighted by molar-refractivity contribution is -0.161. The van der Waals surface area contributed by atoms with Crippen LogP contribution in [0.5, 0.6) is 0 Å². The van der Waals surface area contributed by atoms with E-state index in [1.807, 2.05) is 0 Å². The maximum Gasteiger partial charge on any atom is 0.472 e. The van der Waals surface area contributed by atoms with Crippen LogP contribution in [0.1, 0.15) is 511 Å². The molecule has 0 spiro atoms. The number of aliphatic hydroxyl groups is 1. The third-order valence-corrected chi connectivity index (χ3v) is 25.0. The van der Waals surface area contributed by atoms with E-state index < -0.39 is 97.5 Å². The van der Waals surface area contributed by atoms with E-state index in [1.165, 1.54) is 315 Å². The predicted octanol–water partition coefficient (Wildman–Crippen LogP) is 29.6. The van der Waals surface area contributed by atoms with Gasteiger partial charge >= 0.3 is 39.5 Å². The van der Waals surface area contributed by atoms with E-state index >= 15 is 0 Å². The number of carbonyl (C=O) groups is 4. The van der Waals surface area contributed by atoms with Gasteiger partial charge in [-0.3, -0.25) is 37.3 Å². The molecular formula is C95H186O17P2. The van der Waals surface area contributed by atoms with Gasteiger partial charge in [-0.1, -0.05) is 459 Å². The predicted molar refractivity (Wildman–Crippen MR) is 474 cm³/mol. The first kappa shape index (κ1) is 112. The molecule has 0 saturated carbocycles. The molecular weight excluding hydrogens is 1470 g/mol. The van der Waals surface area contributed by atoms with Crippen LogP contribution in [0.15, 0.2) is 0 Å². The number of phosphoric ester groups is 2. The molecule has 3 N–H and O–H groups in total. The van der Waals surface area contributed by atoms with Gasteiger partial charge in [0.25, 0.3) is 0 Å². The van der Waals surface area contributed by atoms with E-state index in [0.717, 1.165) is 114 Å². The van der Waals surface area contributed by atoms with Crippen LogP contribution in [-0.2, 0) is 65.4 Å². The molecule has 0 heterocycles. The van der Waals surface area contributed by atoms with Crippen molar-refractivity contribution >= 4 is 39.5 Å². The average Bonchev–Trinajstić information content (AvgIpc) is 0.900. The van der Waals surface area contributed by atoms with Crippen LogP contribution in [0.2, 0.25) is 0 Å². The Morgan fingerprint density at radius 2 is 0.447 bits per heavy atom. The zero-order valence-corrected chi connectivity index (χ0v) is 77.4. The van der Waals surface area contributed by atoms with E-state index in [1.54, 1.807) is 0 Å². The molecule has 0 saturated heterocycles. The van der Waals surface area contributed by atoms with E-state index in [2.05, 4.69) is 48.5 Å². The second-order valence-corrected chi connectivity index (χ2v) is 38.0. The monoisotopic (exact) mass is 1660 g/mol. The number of hydrogen-bond acceptors (Lipinski definition) is 15. The summed E-state index contributed by atoms with van der Waals surface area (Å²) in [6.45, 7) is 12.1. The maximum atomic E-state index is 13.2. The molecule has 0 fully saturated rings. The Kier molecular flexibility index (Phi) is 83.2. The van der Waals surface area contributed by atoms with E-state index in [9.17, 15) is 43.2 Å². The highest BCUT2D eigenvalue weighted by molar-refractivity contribution is 7.47. The molecule has 17 nitrogen and oxygen atoms in total. The highest BCUT2D eigenvalue weighted by Gasteiger charge is 2.31. The molecule has 0 bridgehead atoms. The Morgan fingerprint density at radius 1 is 0.254 bits per heavy atom. The number of carbonyl (C=O) groups excluding carboxylic acids is 4. The van der Waals surface area contributed by atoms with Gasteiger partial charge in [0, 0.05) is 25.7 Å². The Morgan fingerprint density at radius 3 is 0.667 bits per heavy atom. The maximum absolute atomic E-state index is 13.2. The van der Waals surface area contributed by atoms with Crippen LogP contribution >= 0.6 is 15.6 Å². The number of rotatable bonds is 93. The molecule has 0 aromatic rings. The third kappa shape index (κ3) is 85.1. The number of phosphoric acid groups is 2. The molecule has 678 valence electrons. The van der Waals surface area contributed by atoms with E-state index in [-0.39, 0.29) is 25.7 Å². The van der Waals surface area contributed by atoms with Crippen LogP contribution in [-0.4, -0.2) is 96.7 Å². The van der Waals surface area contributed by atoms with Gasteiger partial charge in [-0.15, -0.1) is 0 Å². The number of unbranched alkanes of at least 4 members (excludes halogenated alkanes) is 59. The van der Waals surface area contributed by atoms with Crippen molar-refractivity contribution < 1.29 is 80.2 Å². The summed E-state index contributed by atoms with van der Waals surface area (Å²) in [7, 11) is -9.94. The standard InChI is InChI=1S/C95H186O17P2/c1-8-11-12-13-14-15-16-17-18-19-20-21-22-30-35-40-45-50-55-65-72-79-95(100)112-91(83-106-93(98)77-70-63-58-57-61-68-75-88(7)10-3)85-110-114(103,104)108-81-89(96)80-107-113(101,102)109-84-90(82-105-92(97)76-69-62-54-49-44-39-34-29-25-23-27-32-37-42-47-52-59-66-73-86(4)5)111-94(99)78-71-64-56-51-46-41-36-31-26-24-28-33-38-43-48-53-60-67-74-87(6)9-2/h86-91,96H,8-85H2,1-7H3,(H,101,102)(H,103,104)/t87?,88?,89-,90-,91-/m1/s1. The van der Waals surface area contributed by atoms with Crippen molar-refractivity contribution in [3.63, 3.8) is 0 Å². The lowest BCUT2D eigenvalue weighted by Crippen LogP contribution is -2.30. The summed E-state index contributed by atoms with van der Waals surface area (Å²) in [4.78, 5) is 73.5. The summed E-state index contributed by atoms with van der Waals surface area (Å²) < 4.78 is 69.2. The zero-order chi connectivity index (χ0) is 83.6. The fourth-order valence-corrected chi connectivity index (χ4v) is 16.5. The SMILES string of the molecule is CCCCCCCCCCCCCCCCCCCCCCCC(=O)O[C@H](COC(=O)CCCCCCCCC(C)CC)COP(=O)(O)OC[C@H](O)COP(=O)(O)OC[C@@H](COC(=O)CCCCCCCCCCCCCCCCCCCCC(C)C)OC(=O)CCCCCCCCCCCCCCCCCCCCC(C)CC. The topological polar surface area (TPSA) is 237 Å². The minimum absolute atomic E-state index is 0.108. The van der Waals surface area contributed by atoms with Gasteiger partial charge in [-0.2, -0.15) is 0 Å². The Balaban J connectivity index is 5.21. The average molecular weight is 1660 g/mol. The van der Waals surface area contributed by atoms with Crippen molar-refractivity contribution in [1.82, 2.24) is 0 Å². The number of ether oxygens (including phenoxy) is 4. The van der Waals surface area contributed by atoms with Crippen molar-refractivity contribution in [1.29, 1.82) is 0 Å². The van der Waals surface area contributed by atoms with E-state index in [4.69, 9.17) is 37.0 Å². The summed E-state index contributed by atoms with van der Waals surface area (Å²) in [6.07, 6.45) is 79.4. The Labute approximate surface area is 702 Å². The van der Waals surface area contributed by atoms with Gasteiger partial charge < -0.3 is 33.8 Å². The summed E-state index contributed by atoms with van der Waals surface area (Å²) in [5, 5.41) is 10.7. The quantitative estimate of drug-likeness (QED) is 0.0222. The molecule has 19 heteroatoms. The zero-order valence-electron chi connectivity index (χ0n) is 75.6. The number of esters is 4. The van der Waals surface area contributed by atoms with Crippen molar-refractivity contribution in [2.24, 2.45) is 17.8 Å². The van der Waals surface area contributed by atoms with Gasteiger partial charge in [0.1, 0.15) is 19.3 Å². The summed E-state index contributed by atoms with van der Waals surface area (Å²) in [5.74, 6) is 0.328. The minimum Gasteiger partial charge on any atom is -0.462 e. The number of hydrogen-bond donors (Lipinski definition) is 3. The Bertz CT molecular complexity index is 2190. The molecule has 4 unspecified atom stereocenters. The first-order valence-electron chi connectivity index (χ1n) is 48.9. The molecule has 7 atom stereocenters. The van der Waals surface area contributed by atoms with Crippen molar-refractivity contribution in [2.45, 2.75) is 529 Å². The van der Waals surface area contributed by atoms with Crippen LogP contribution in [0, 0.1) is 17.8 Å². The molecule has 0 aromatic carbocycles. The second kappa shape index (κ2) is 84.7. The normalized spacial score (nSPS) is 14.2. The first-order valence-corrected chi connectivity index (χ1v) is 51.9. The molecule has 0 radical (unpaired) electrons. The molecule has 114 heavy (non-hydrogen) atoms.